The Labute approximate surface area is 202 Å². The van der Waals surface area contributed by atoms with Gasteiger partial charge in [-0.25, -0.2) is 0 Å². The molecule has 2 aromatic carbocycles. The lowest BCUT2D eigenvalue weighted by atomic mass is 10.2. The van der Waals surface area contributed by atoms with Crippen molar-refractivity contribution < 1.29 is 23.7 Å². The summed E-state index contributed by atoms with van der Waals surface area (Å²) in [7, 11) is 3.15. The summed E-state index contributed by atoms with van der Waals surface area (Å²) in [5, 5.41) is 15.7. The topological polar surface area (TPSA) is 109 Å². The number of hydrogen-bond donors (Lipinski definition) is 1. The molecule has 182 valence electrons. The van der Waals surface area contributed by atoms with Gasteiger partial charge >= 0.3 is 0 Å². The van der Waals surface area contributed by atoms with Crippen molar-refractivity contribution in [2.45, 2.75) is 20.0 Å². The lowest BCUT2D eigenvalue weighted by molar-refractivity contribution is -0.127. The van der Waals surface area contributed by atoms with E-state index in [1.54, 1.807) is 49.9 Å². The highest BCUT2D eigenvalue weighted by Gasteiger charge is 2.15. The van der Waals surface area contributed by atoms with E-state index >= 15 is 0 Å². The summed E-state index contributed by atoms with van der Waals surface area (Å²) < 4.78 is 23.7. The van der Waals surface area contributed by atoms with Gasteiger partial charge in [-0.2, -0.15) is 4.52 Å². The van der Waals surface area contributed by atoms with Gasteiger partial charge in [0, 0.05) is 11.6 Å². The van der Waals surface area contributed by atoms with Crippen LogP contribution < -0.4 is 24.3 Å². The minimum atomic E-state index is -0.632. The number of rotatable bonds is 10. The van der Waals surface area contributed by atoms with Gasteiger partial charge in [-0.05, 0) is 55.8 Å². The zero-order valence-corrected chi connectivity index (χ0v) is 20.0. The maximum atomic E-state index is 12.3. The molecule has 35 heavy (non-hydrogen) atoms. The summed E-state index contributed by atoms with van der Waals surface area (Å²) in [5.41, 5.74) is 2.39. The molecule has 4 rings (SSSR count). The highest BCUT2D eigenvalue weighted by molar-refractivity contribution is 5.80. The van der Waals surface area contributed by atoms with Crippen LogP contribution in [-0.4, -0.2) is 59.2 Å². The van der Waals surface area contributed by atoms with Crippen LogP contribution in [0.15, 0.2) is 54.6 Å². The highest BCUT2D eigenvalue weighted by atomic mass is 16.5. The normalized spacial score (nSPS) is 11.7. The third kappa shape index (κ3) is 5.60. The molecular formula is C25H27N5O5. The van der Waals surface area contributed by atoms with Crippen molar-refractivity contribution in [2.75, 3.05) is 27.4 Å². The van der Waals surface area contributed by atoms with Crippen LogP contribution in [0.3, 0.4) is 0 Å². The SMILES string of the molecule is COc1ccc(-c2nnc3ccc(OCCNC(=O)C(C)Oc4cccc(C)c4)nn23)cc1OC. The lowest BCUT2D eigenvalue weighted by Crippen LogP contribution is -2.38. The molecular weight excluding hydrogens is 450 g/mol. The average Bonchev–Trinajstić information content (AvgIpc) is 3.29. The minimum Gasteiger partial charge on any atom is -0.493 e. The predicted molar refractivity (Wildman–Crippen MR) is 129 cm³/mol. The molecule has 0 radical (unpaired) electrons. The number of methoxy groups -OCH3 is 2. The molecule has 1 amide bonds. The summed E-state index contributed by atoms with van der Waals surface area (Å²) in [4.78, 5) is 12.3. The molecule has 0 aliphatic heterocycles. The Morgan fingerprint density at radius 2 is 1.86 bits per heavy atom. The number of aryl methyl sites for hydroxylation is 1. The van der Waals surface area contributed by atoms with E-state index in [1.807, 2.05) is 37.3 Å². The number of benzene rings is 2. The molecule has 1 unspecified atom stereocenters. The number of amides is 1. The highest BCUT2D eigenvalue weighted by Crippen LogP contribution is 2.31. The van der Waals surface area contributed by atoms with Crippen LogP contribution in [0.1, 0.15) is 12.5 Å². The van der Waals surface area contributed by atoms with E-state index in [0.717, 1.165) is 11.1 Å². The second-order valence-corrected chi connectivity index (χ2v) is 7.75. The fourth-order valence-corrected chi connectivity index (χ4v) is 3.42. The minimum absolute atomic E-state index is 0.229. The number of carbonyl (C=O) groups excluding carboxylic acids is 1. The average molecular weight is 478 g/mol. The molecule has 0 fully saturated rings. The summed E-state index contributed by atoms with van der Waals surface area (Å²) in [6.07, 6.45) is -0.632. The molecule has 4 aromatic rings. The largest absolute Gasteiger partial charge is 0.493 e. The number of aromatic nitrogens is 4. The Hall–Kier alpha value is -4.34. The number of fused-ring (bicyclic) bond motifs is 1. The van der Waals surface area contributed by atoms with E-state index in [2.05, 4.69) is 20.6 Å². The maximum Gasteiger partial charge on any atom is 0.260 e. The zero-order chi connectivity index (χ0) is 24.8. The molecule has 0 saturated heterocycles. The maximum absolute atomic E-state index is 12.3. The smallest absolute Gasteiger partial charge is 0.260 e. The van der Waals surface area contributed by atoms with Crippen molar-refractivity contribution in [3.8, 4) is 34.5 Å². The molecule has 2 heterocycles. The van der Waals surface area contributed by atoms with E-state index in [1.165, 1.54) is 0 Å². The van der Waals surface area contributed by atoms with Gasteiger partial charge in [0.25, 0.3) is 5.91 Å². The van der Waals surface area contributed by atoms with Gasteiger partial charge in [0.05, 0.1) is 20.8 Å². The van der Waals surface area contributed by atoms with Crippen molar-refractivity contribution in [1.82, 2.24) is 25.1 Å². The second kappa shape index (κ2) is 10.7. The van der Waals surface area contributed by atoms with Crippen molar-refractivity contribution in [1.29, 1.82) is 0 Å². The first-order valence-corrected chi connectivity index (χ1v) is 11.1. The van der Waals surface area contributed by atoms with Gasteiger partial charge in [0.1, 0.15) is 12.4 Å². The van der Waals surface area contributed by atoms with E-state index < -0.39 is 6.10 Å². The van der Waals surface area contributed by atoms with Crippen LogP contribution in [0.4, 0.5) is 0 Å². The second-order valence-electron chi connectivity index (χ2n) is 7.75. The fraction of sp³-hybridized carbons (Fsp3) is 0.280. The first-order chi connectivity index (χ1) is 17.0. The van der Waals surface area contributed by atoms with E-state index in [0.29, 0.717) is 41.1 Å². The Kier molecular flexibility index (Phi) is 7.30. The molecule has 2 aromatic heterocycles. The first-order valence-electron chi connectivity index (χ1n) is 11.1. The molecule has 10 heteroatoms. The monoisotopic (exact) mass is 477 g/mol. The number of ether oxygens (including phenoxy) is 4. The molecule has 1 atom stereocenters. The number of nitrogens with zero attached hydrogens (tertiary/aromatic N) is 4. The third-order valence-electron chi connectivity index (χ3n) is 5.20. The van der Waals surface area contributed by atoms with E-state index in [4.69, 9.17) is 18.9 Å². The number of hydrogen-bond acceptors (Lipinski definition) is 8. The zero-order valence-electron chi connectivity index (χ0n) is 20.0. The summed E-state index contributed by atoms with van der Waals surface area (Å²) in [5.74, 6) is 2.51. The Morgan fingerprint density at radius 3 is 2.63 bits per heavy atom. The van der Waals surface area contributed by atoms with Gasteiger partial charge in [-0.1, -0.05) is 12.1 Å². The van der Waals surface area contributed by atoms with E-state index in [-0.39, 0.29) is 12.5 Å². The molecule has 0 bridgehead atoms. The van der Waals surface area contributed by atoms with Crippen LogP contribution in [0.5, 0.6) is 23.1 Å². The Bertz CT molecular complexity index is 1320. The van der Waals surface area contributed by atoms with Gasteiger partial charge < -0.3 is 24.3 Å². The molecule has 0 spiro atoms. The quantitative estimate of drug-likeness (QED) is 0.347. The van der Waals surface area contributed by atoms with Crippen molar-refractivity contribution >= 4 is 11.6 Å². The van der Waals surface area contributed by atoms with Crippen molar-refractivity contribution in [2.24, 2.45) is 0 Å². The van der Waals surface area contributed by atoms with Crippen LogP contribution in [0.25, 0.3) is 17.0 Å². The molecule has 0 aliphatic rings. The molecule has 0 aliphatic carbocycles. The standard InChI is InChI=1S/C25H27N5O5/c1-16-6-5-7-19(14-16)35-17(2)25(31)26-12-13-34-23-11-10-22-27-28-24(30(22)29-23)18-8-9-20(32-3)21(15-18)33-4/h5-11,14-15,17H,12-13H2,1-4H3,(H,26,31). The third-order valence-corrected chi connectivity index (χ3v) is 5.20. The first kappa shape index (κ1) is 23.8. The Balaban J connectivity index is 1.36. The van der Waals surface area contributed by atoms with Gasteiger partial charge in [0.15, 0.2) is 29.1 Å². The van der Waals surface area contributed by atoms with Gasteiger partial charge in [0.2, 0.25) is 5.88 Å². The summed E-state index contributed by atoms with van der Waals surface area (Å²) in [6.45, 7) is 4.20. The summed E-state index contributed by atoms with van der Waals surface area (Å²) >= 11 is 0. The molecule has 1 N–H and O–H groups in total. The van der Waals surface area contributed by atoms with Crippen LogP contribution >= 0.6 is 0 Å². The fourth-order valence-electron chi connectivity index (χ4n) is 3.42. The van der Waals surface area contributed by atoms with Crippen LogP contribution in [0, 0.1) is 6.92 Å². The lowest BCUT2D eigenvalue weighted by Gasteiger charge is -2.15. The number of carbonyl (C=O) groups is 1. The van der Waals surface area contributed by atoms with Crippen molar-refractivity contribution in [3.63, 3.8) is 0 Å². The van der Waals surface area contributed by atoms with Gasteiger partial charge in [-0.15, -0.1) is 15.3 Å². The van der Waals surface area contributed by atoms with E-state index in [9.17, 15) is 4.79 Å². The van der Waals surface area contributed by atoms with Crippen LogP contribution in [-0.2, 0) is 4.79 Å². The number of nitrogens with one attached hydrogen (secondary N) is 1. The molecule has 0 saturated carbocycles. The Morgan fingerprint density at radius 1 is 1.03 bits per heavy atom. The van der Waals surface area contributed by atoms with Crippen molar-refractivity contribution in [3.05, 3.63) is 60.2 Å². The van der Waals surface area contributed by atoms with Gasteiger partial charge in [-0.3, -0.25) is 4.79 Å². The molecule has 10 nitrogen and oxygen atoms in total. The summed E-state index contributed by atoms with van der Waals surface area (Å²) in [6, 6.07) is 16.5. The predicted octanol–water partition coefficient (Wildman–Crippen LogP) is 3.08. The van der Waals surface area contributed by atoms with Crippen LogP contribution in [0.2, 0.25) is 0 Å².